The summed E-state index contributed by atoms with van der Waals surface area (Å²) in [6, 6.07) is -0.657. The number of nitrogens with one attached hydrogen (secondary N) is 2. The van der Waals surface area contributed by atoms with E-state index in [2.05, 4.69) is 10.6 Å². The molecule has 0 radical (unpaired) electrons. The minimum Gasteiger partial charge on any atom is -0.368 e. The van der Waals surface area contributed by atoms with E-state index in [1.54, 1.807) is 7.05 Å². The molecule has 17 heavy (non-hydrogen) atoms. The molecule has 2 unspecified atom stereocenters. The molecule has 6 N–H and O–H groups in total. The van der Waals surface area contributed by atoms with Gasteiger partial charge in [-0.05, 0) is 39.3 Å². The number of hydrogen-bond acceptors (Lipinski definition) is 4. The van der Waals surface area contributed by atoms with Crippen LogP contribution >= 0.6 is 0 Å². The van der Waals surface area contributed by atoms with Crippen molar-refractivity contribution in [1.29, 1.82) is 0 Å². The van der Waals surface area contributed by atoms with E-state index in [4.69, 9.17) is 11.5 Å². The number of carbonyl (C=O) groups is 2. The van der Waals surface area contributed by atoms with E-state index in [1.165, 1.54) is 0 Å². The van der Waals surface area contributed by atoms with Gasteiger partial charge in [-0.1, -0.05) is 6.92 Å². The Kier molecular flexibility index (Phi) is 8.35. The lowest BCUT2D eigenvalue weighted by Gasteiger charge is -2.16. The Morgan fingerprint density at radius 3 is 2.06 bits per heavy atom. The van der Waals surface area contributed by atoms with Crippen LogP contribution < -0.4 is 22.1 Å². The number of likely N-dealkylation sites (N-methyl/N-ethyl adjacent to an activating group) is 1. The van der Waals surface area contributed by atoms with Crippen molar-refractivity contribution in [2.75, 3.05) is 13.6 Å². The molecule has 0 aromatic rings. The lowest BCUT2D eigenvalue weighted by atomic mass is 10.0. The van der Waals surface area contributed by atoms with Gasteiger partial charge in [0.05, 0.1) is 12.1 Å². The third kappa shape index (κ3) is 6.91. The lowest BCUT2D eigenvalue weighted by Crippen LogP contribution is -2.42. The van der Waals surface area contributed by atoms with Crippen molar-refractivity contribution in [2.45, 2.75) is 44.7 Å². The first-order valence-corrected chi connectivity index (χ1v) is 6.02. The molecule has 0 aliphatic heterocycles. The van der Waals surface area contributed by atoms with Gasteiger partial charge in [0.2, 0.25) is 11.8 Å². The molecule has 0 saturated carbocycles. The second-order valence-electron chi connectivity index (χ2n) is 4.08. The maximum absolute atomic E-state index is 11.1. The first-order valence-electron chi connectivity index (χ1n) is 6.02. The lowest BCUT2D eigenvalue weighted by molar-refractivity contribution is -0.120. The summed E-state index contributed by atoms with van der Waals surface area (Å²) in [5.74, 6) is -0.719. The topological polar surface area (TPSA) is 110 Å². The molecule has 2 atom stereocenters. The van der Waals surface area contributed by atoms with Gasteiger partial charge in [-0.25, -0.2) is 0 Å². The molecule has 0 aliphatic rings. The van der Waals surface area contributed by atoms with Gasteiger partial charge in [0, 0.05) is 0 Å². The zero-order valence-electron chi connectivity index (χ0n) is 10.7. The highest BCUT2D eigenvalue weighted by Crippen LogP contribution is 2.04. The maximum atomic E-state index is 11.1. The molecule has 2 amide bonds. The Morgan fingerprint density at radius 1 is 1.12 bits per heavy atom. The molecule has 0 rings (SSSR count). The SMILES string of the molecule is CCCNC(CCCC(NC)C(N)=O)C(N)=O. The van der Waals surface area contributed by atoms with Crippen molar-refractivity contribution in [2.24, 2.45) is 11.5 Å². The summed E-state index contributed by atoms with van der Waals surface area (Å²) in [6.07, 6.45) is 2.91. The van der Waals surface area contributed by atoms with Crippen molar-refractivity contribution in [3.8, 4) is 0 Å². The standard InChI is InChI=1S/C11H24N4O2/c1-3-7-15-9(11(13)17)6-4-5-8(14-2)10(12)16/h8-9,14-15H,3-7H2,1-2H3,(H2,12,16)(H2,13,17). The fraction of sp³-hybridized carbons (Fsp3) is 0.818. The zero-order valence-corrected chi connectivity index (χ0v) is 10.7. The van der Waals surface area contributed by atoms with E-state index < -0.39 is 0 Å². The number of carbonyl (C=O) groups excluding carboxylic acids is 2. The van der Waals surface area contributed by atoms with Crippen LogP contribution in [0.25, 0.3) is 0 Å². The molecule has 0 spiro atoms. The van der Waals surface area contributed by atoms with Crippen LogP contribution in [0.15, 0.2) is 0 Å². The number of nitrogens with two attached hydrogens (primary N) is 2. The first kappa shape index (κ1) is 15.9. The van der Waals surface area contributed by atoms with Crippen LogP contribution in [0.2, 0.25) is 0 Å². The van der Waals surface area contributed by atoms with Crippen LogP contribution in [0.3, 0.4) is 0 Å². The number of hydrogen-bond donors (Lipinski definition) is 4. The third-order valence-electron chi connectivity index (χ3n) is 2.66. The van der Waals surface area contributed by atoms with Crippen LogP contribution in [0, 0.1) is 0 Å². The molecule has 6 heteroatoms. The molecule has 0 aliphatic carbocycles. The largest absolute Gasteiger partial charge is 0.368 e. The molecule has 0 aromatic heterocycles. The second-order valence-corrected chi connectivity index (χ2v) is 4.08. The van der Waals surface area contributed by atoms with Crippen molar-refractivity contribution < 1.29 is 9.59 Å². The average Bonchev–Trinajstić information content (AvgIpc) is 2.27. The van der Waals surface area contributed by atoms with Gasteiger partial charge in [-0.2, -0.15) is 0 Å². The molecule has 0 fully saturated rings. The number of amides is 2. The second kappa shape index (κ2) is 8.95. The van der Waals surface area contributed by atoms with Crippen LogP contribution in [0.1, 0.15) is 32.6 Å². The minimum absolute atomic E-state index is 0.319. The summed E-state index contributed by atoms with van der Waals surface area (Å²) in [7, 11) is 1.69. The highest BCUT2D eigenvalue weighted by Gasteiger charge is 2.16. The van der Waals surface area contributed by atoms with Gasteiger partial charge >= 0.3 is 0 Å². The molecule has 0 aromatic carbocycles. The van der Waals surface area contributed by atoms with Crippen LogP contribution in [-0.4, -0.2) is 37.5 Å². The molecule has 0 heterocycles. The van der Waals surface area contributed by atoms with Gasteiger partial charge in [0.15, 0.2) is 0 Å². The number of rotatable bonds is 10. The predicted octanol–water partition coefficient (Wildman–Crippen LogP) is -0.916. The summed E-state index contributed by atoms with van der Waals surface area (Å²) in [5.41, 5.74) is 10.5. The Hall–Kier alpha value is -1.14. The molecular formula is C11H24N4O2. The van der Waals surface area contributed by atoms with Gasteiger partial charge in [-0.3, -0.25) is 9.59 Å². The van der Waals surface area contributed by atoms with Crippen molar-refractivity contribution in [3.63, 3.8) is 0 Å². The summed E-state index contributed by atoms with van der Waals surface area (Å²) in [5, 5.41) is 5.92. The normalized spacial score (nSPS) is 14.2. The van der Waals surface area contributed by atoms with Crippen molar-refractivity contribution in [1.82, 2.24) is 10.6 Å². The van der Waals surface area contributed by atoms with Crippen LogP contribution in [-0.2, 0) is 9.59 Å². The zero-order chi connectivity index (χ0) is 13.3. The highest BCUT2D eigenvalue weighted by molar-refractivity contribution is 5.80. The van der Waals surface area contributed by atoms with E-state index >= 15 is 0 Å². The smallest absolute Gasteiger partial charge is 0.234 e. The van der Waals surface area contributed by atoms with E-state index in [0.717, 1.165) is 19.4 Å². The minimum atomic E-state index is -0.371. The Balaban J connectivity index is 3.96. The van der Waals surface area contributed by atoms with E-state index in [-0.39, 0.29) is 23.9 Å². The Labute approximate surface area is 102 Å². The summed E-state index contributed by atoms with van der Waals surface area (Å²) >= 11 is 0. The predicted molar refractivity (Wildman–Crippen MR) is 67.2 cm³/mol. The third-order valence-corrected chi connectivity index (χ3v) is 2.66. The fourth-order valence-electron chi connectivity index (χ4n) is 1.62. The molecule has 100 valence electrons. The van der Waals surface area contributed by atoms with E-state index in [0.29, 0.717) is 12.8 Å². The van der Waals surface area contributed by atoms with Gasteiger partial charge in [0.1, 0.15) is 0 Å². The van der Waals surface area contributed by atoms with Gasteiger partial charge in [-0.15, -0.1) is 0 Å². The maximum Gasteiger partial charge on any atom is 0.234 e. The average molecular weight is 244 g/mol. The van der Waals surface area contributed by atoms with Gasteiger partial charge in [0.25, 0.3) is 0 Å². The Bertz CT molecular complexity index is 246. The fourth-order valence-corrected chi connectivity index (χ4v) is 1.62. The van der Waals surface area contributed by atoms with Gasteiger partial charge < -0.3 is 22.1 Å². The monoisotopic (exact) mass is 244 g/mol. The summed E-state index contributed by atoms with van der Waals surface area (Å²) < 4.78 is 0. The van der Waals surface area contributed by atoms with E-state index in [9.17, 15) is 9.59 Å². The molecule has 6 nitrogen and oxygen atoms in total. The highest BCUT2D eigenvalue weighted by atomic mass is 16.1. The first-order chi connectivity index (χ1) is 8.02. The summed E-state index contributed by atoms with van der Waals surface area (Å²) in [6.45, 7) is 2.79. The Morgan fingerprint density at radius 2 is 1.65 bits per heavy atom. The van der Waals surface area contributed by atoms with Crippen molar-refractivity contribution in [3.05, 3.63) is 0 Å². The molecule has 0 saturated heterocycles. The van der Waals surface area contributed by atoms with E-state index in [1.807, 2.05) is 6.92 Å². The quantitative estimate of drug-likeness (QED) is 0.398. The van der Waals surface area contributed by atoms with Crippen LogP contribution in [0.4, 0.5) is 0 Å². The molecule has 0 bridgehead atoms. The molecular weight excluding hydrogens is 220 g/mol. The summed E-state index contributed by atoms with van der Waals surface area (Å²) in [4.78, 5) is 22.1. The van der Waals surface area contributed by atoms with Crippen LogP contribution in [0.5, 0.6) is 0 Å². The van der Waals surface area contributed by atoms with Crippen molar-refractivity contribution >= 4 is 11.8 Å². The number of primary amides is 2.